The highest BCUT2D eigenvalue weighted by Gasteiger charge is 2.72. The third-order valence-corrected chi connectivity index (χ3v) is 8.20. The fourth-order valence-corrected chi connectivity index (χ4v) is 6.54. The second-order valence-corrected chi connectivity index (χ2v) is 10.6. The number of fused-ring (bicyclic) bond motifs is 1. The number of likely N-dealkylation sites (tertiary alicyclic amines) is 1. The van der Waals surface area contributed by atoms with Gasteiger partial charge in [0.2, 0.25) is 17.7 Å². The van der Waals surface area contributed by atoms with E-state index in [2.05, 4.69) is 10.6 Å². The van der Waals surface area contributed by atoms with Crippen molar-refractivity contribution in [2.75, 3.05) is 31.7 Å². The zero-order valence-corrected chi connectivity index (χ0v) is 22.3. The van der Waals surface area contributed by atoms with Gasteiger partial charge in [0.1, 0.15) is 17.4 Å². The van der Waals surface area contributed by atoms with Crippen LogP contribution in [0.4, 0.5) is 5.69 Å². The van der Waals surface area contributed by atoms with Crippen molar-refractivity contribution in [1.29, 1.82) is 0 Å². The van der Waals surface area contributed by atoms with E-state index in [1.165, 1.54) is 6.42 Å². The second kappa shape index (κ2) is 11.5. The number of hydrogen-bond donors (Lipinski definition) is 2. The van der Waals surface area contributed by atoms with E-state index in [0.29, 0.717) is 38.5 Å². The molecule has 0 aromatic heterocycles. The molecule has 206 valence electrons. The van der Waals surface area contributed by atoms with Gasteiger partial charge in [-0.2, -0.15) is 0 Å². The van der Waals surface area contributed by atoms with Gasteiger partial charge in [-0.25, -0.2) is 0 Å². The highest BCUT2D eigenvalue weighted by molar-refractivity contribution is 6.02. The predicted molar refractivity (Wildman–Crippen MR) is 142 cm³/mol. The van der Waals surface area contributed by atoms with Gasteiger partial charge in [0.15, 0.2) is 0 Å². The molecular formula is C29H39N3O6. The fraction of sp³-hybridized carbons (Fsp3) is 0.621. The monoisotopic (exact) mass is 525 g/mol. The number of ether oxygens (including phenoxy) is 3. The van der Waals surface area contributed by atoms with Crippen molar-refractivity contribution < 1.29 is 28.6 Å². The molecule has 38 heavy (non-hydrogen) atoms. The Morgan fingerprint density at radius 1 is 1.08 bits per heavy atom. The molecule has 3 fully saturated rings. The molecule has 3 aliphatic heterocycles. The normalized spacial score (nSPS) is 29.9. The number of anilines is 1. The quantitative estimate of drug-likeness (QED) is 0.340. The van der Waals surface area contributed by atoms with E-state index in [0.717, 1.165) is 31.4 Å². The lowest BCUT2D eigenvalue weighted by Crippen LogP contribution is -2.56. The summed E-state index contributed by atoms with van der Waals surface area (Å²) in [6, 6.07) is 6.44. The molecule has 2 N–H and O–H groups in total. The Balaban J connectivity index is 1.37. The van der Waals surface area contributed by atoms with Crippen molar-refractivity contribution in [2.24, 2.45) is 11.8 Å². The lowest BCUT2D eigenvalue weighted by atomic mass is 9.74. The number of nitrogens with one attached hydrogen (secondary N) is 2. The molecule has 1 spiro atoms. The SMILES string of the molecule is CCOCCCN1C(=O)[C@H]2C(C(=O)Nc3ccc(OCC)cc3)[C@H]3C=CC2(O3)C1C(=O)NC1CCCCC1. The molecule has 3 amide bonds. The van der Waals surface area contributed by atoms with Gasteiger partial charge in [-0.15, -0.1) is 0 Å². The molecule has 0 radical (unpaired) electrons. The van der Waals surface area contributed by atoms with Crippen LogP contribution in [0, 0.1) is 11.8 Å². The minimum atomic E-state index is -1.15. The van der Waals surface area contributed by atoms with E-state index in [9.17, 15) is 14.4 Å². The van der Waals surface area contributed by atoms with Crippen molar-refractivity contribution in [3.05, 3.63) is 36.4 Å². The molecule has 5 atom stereocenters. The Kier molecular flexibility index (Phi) is 8.04. The highest BCUT2D eigenvalue weighted by atomic mass is 16.5. The van der Waals surface area contributed by atoms with Gasteiger partial charge in [0.25, 0.3) is 0 Å². The smallest absolute Gasteiger partial charge is 0.246 e. The maximum absolute atomic E-state index is 13.9. The van der Waals surface area contributed by atoms with E-state index in [1.807, 2.05) is 26.0 Å². The molecule has 2 bridgehead atoms. The summed E-state index contributed by atoms with van der Waals surface area (Å²) in [5.41, 5.74) is -0.530. The predicted octanol–water partition coefficient (Wildman–Crippen LogP) is 3.05. The maximum atomic E-state index is 13.9. The summed E-state index contributed by atoms with van der Waals surface area (Å²) in [6.07, 6.45) is 9.00. The lowest BCUT2D eigenvalue weighted by Gasteiger charge is -2.34. The first kappa shape index (κ1) is 26.7. The second-order valence-electron chi connectivity index (χ2n) is 10.6. The van der Waals surface area contributed by atoms with Gasteiger partial charge in [-0.1, -0.05) is 31.4 Å². The minimum Gasteiger partial charge on any atom is -0.494 e. The Hall–Kier alpha value is -2.91. The standard InChI is InChI=1S/C29H39N3O6/c1-3-36-18-8-17-32-25(27(34)31-19-9-6-5-7-10-19)29-16-15-22(38-29)23(24(29)28(32)35)26(33)30-20-11-13-21(14-12-20)37-4-2/h11-16,19,22-25H,3-10,17-18H2,1-2H3,(H,30,33)(H,31,34)/t22-,23?,24-,25?,29?/m1/s1. The van der Waals surface area contributed by atoms with Gasteiger partial charge in [-0.3, -0.25) is 14.4 Å². The number of amides is 3. The number of carbonyl (C=O) groups excluding carboxylic acids is 3. The summed E-state index contributed by atoms with van der Waals surface area (Å²) in [7, 11) is 0. The van der Waals surface area contributed by atoms with Gasteiger partial charge in [0, 0.05) is 31.5 Å². The first-order valence-electron chi connectivity index (χ1n) is 14.1. The topological polar surface area (TPSA) is 106 Å². The summed E-state index contributed by atoms with van der Waals surface area (Å²) in [5.74, 6) is -1.44. The van der Waals surface area contributed by atoms with E-state index >= 15 is 0 Å². The van der Waals surface area contributed by atoms with E-state index in [4.69, 9.17) is 14.2 Å². The van der Waals surface area contributed by atoms with Gasteiger partial charge < -0.3 is 29.7 Å². The highest BCUT2D eigenvalue weighted by Crippen LogP contribution is 2.55. The van der Waals surface area contributed by atoms with Gasteiger partial charge in [0.05, 0.1) is 24.5 Å². The summed E-state index contributed by atoms with van der Waals surface area (Å²) < 4.78 is 17.4. The molecule has 1 saturated carbocycles. The van der Waals surface area contributed by atoms with Crippen molar-refractivity contribution in [3.8, 4) is 5.75 Å². The molecular weight excluding hydrogens is 486 g/mol. The molecule has 9 nitrogen and oxygen atoms in total. The Morgan fingerprint density at radius 2 is 1.84 bits per heavy atom. The molecule has 1 aromatic rings. The molecule has 1 aromatic carbocycles. The van der Waals surface area contributed by atoms with E-state index in [-0.39, 0.29) is 23.8 Å². The average molecular weight is 526 g/mol. The molecule has 9 heteroatoms. The van der Waals surface area contributed by atoms with Crippen LogP contribution in [0.3, 0.4) is 0 Å². The first-order valence-corrected chi connectivity index (χ1v) is 14.1. The summed E-state index contributed by atoms with van der Waals surface area (Å²) in [6.45, 7) is 5.85. The van der Waals surface area contributed by atoms with Crippen LogP contribution >= 0.6 is 0 Å². The van der Waals surface area contributed by atoms with Gasteiger partial charge in [-0.05, 0) is 57.4 Å². The van der Waals surface area contributed by atoms with Gasteiger partial charge >= 0.3 is 0 Å². The van der Waals surface area contributed by atoms with Crippen molar-refractivity contribution in [3.63, 3.8) is 0 Å². The Morgan fingerprint density at radius 3 is 2.55 bits per heavy atom. The zero-order chi connectivity index (χ0) is 26.7. The maximum Gasteiger partial charge on any atom is 0.246 e. The minimum absolute atomic E-state index is 0.105. The number of rotatable bonds is 11. The fourth-order valence-electron chi connectivity index (χ4n) is 6.54. The van der Waals surface area contributed by atoms with Crippen LogP contribution in [-0.2, 0) is 23.9 Å². The van der Waals surface area contributed by atoms with Crippen molar-refractivity contribution >= 4 is 23.4 Å². The molecule has 1 aliphatic carbocycles. The summed E-state index contributed by atoms with van der Waals surface area (Å²) in [5, 5.41) is 6.17. The van der Waals surface area contributed by atoms with Crippen LogP contribution in [0.1, 0.15) is 52.4 Å². The van der Waals surface area contributed by atoms with Crippen LogP contribution in [0.15, 0.2) is 36.4 Å². The third-order valence-electron chi connectivity index (χ3n) is 8.20. The number of benzene rings is 1. The molecule has 4 aliphatic rings. The van der Waals surface area contributed by atoms with Crippen LogP contribution in [0.25, 0.3) is 0 Å². The summed E-state index contributed by atoms with van der Waals surface area (Å²) in [4.78, 5) is 42.9. The summed E-state index contributed by atoms with van der Waals surface area (Å²) >= 11 is 0. The molecule has 3 unspecified atom stereocenters. The number of carbonyl (C=O) groups is 3. The zero-order valence-electron chi connectivity index (χ0n) is 22.3. The van der Waals surface area contributed by atoms with Crippen molar-refractivity contribution in [1.82, 2.24) is 10.2 Å². The molecule has 3 heterocycles. The van der Waals surface area contributed by atoms with Crippen LogP contribution in [-0.4, -0.2) is 72.8 Å². The first-order chi connectivity index (χ1) is 18.5. The molecule has 5 rings (SSSR count). The van der Waals surface area contributed by atoms with Crippen LogP contribution in [0.5, 0.6) is 5.75 Å². The van der Waals surface area contributed by atoms with E-state index < -0.39 is 29.6 Å². The largest absolute Gasteiger partial charge is 0.494 e. The Bertz CT molecular complexity index is 1050. The third kappa shape index (κ3) is 4.94. The average Bonchev–Trinajstić information content (AvgIpc) is 3.56. The van der Waals surface area contributed by atoms with Crippen LogP contribution < -0.4 is 15.4 Å². The van der Waals surface area contributed by atoms with Crippen molar-refractivity contribution in [2.45, 2.75) is 76.2 Å². The lowest BCUT2D eigenvalue weighted by molar-refractivity contribution is -0.141. The Labute approximate surface area is 224 Å². The number of hydrogen-bond acceptors (Lipinski definition) is 6. The van der Waals surface area contributed by atoms with E-state index in [1.54, 1.807) is 29.2 Å². The van der Waals surface area contributed by atoms with Crippen LogP contribution in [0.2, 0.25) is 0 Å². The number of nitrogens with zero attached hydrogens (tertiary/aromatic N) is 1. The molecule has 2 saturated heterocycles.